The number of nitrogens with zero attached hydrogens (tertiary/aromatic N) is 3. The van der Waals surface area contributed by atoms with E-state index >= 15 is 0 Å². The summed E-state index contributed by atoms with van der Waals surface area (Å²) in [6.45, 7) is 2.79. The van der Waals surface area contributed by atoms with Crippen LogP contribution in [0.25, 0.3) is 0 Å². The monoisotopic (exact) mass is 376 g/mol. The van der Waals surface area contributed by atoms with E-state index in [1.807, 2.05) is 24.3 Å². The molecule has 6 heteroatoms. The fourth-order valence-electron chi connectivity index (χ4n) is 2.87. The Bertz CT molecular complexity index is 652. The number of halogens is 1. The third kappa shape index (κ3) is 4.20. The molecule has 1 aliphatic rings. The molecule has 1 unspecified atom stereocenters. The van der Waals surface area contributed by atoms with E-state index in [9.17, 15) is 5.11 Å². The van der Waals surface area contributed by atoms with Crippen molar-refractivity contribution < 1.29 is 5.11 Å². The van der Waals surface area contributed by atoms with Crippen LogP contribution in [0, 0.1) is 5.92 Å². The summed E-state index contributed by atoms with van der Waals surface area (Å²) >= 11 is 3.56. The van der Waals surface area contributed by atoms with E-state index in [1.54, 1.807) is 6.33 Å². The van der Waals surface area contributed by atoms with Crippen LogP contribution in [0.5, 0.6) is 0 Å². The van der Waals surface area contributed by atoms with E-state index < -0.39 is 0 Å². The molecule has 1 aromatic heterocycles. The van der Waals surface area contributed by atoms with E-state index in [1.165, 1.54) is 5.56 Å². The average molecular weight is 377 g/mol. The minimum absolute atomic E-state index is 0.245. The average Bonchev–Trinajstić information content (AvgIpc) is 2.61. The maximum atomic E-state index is 9.37. The number of nitrogens with one attached hydrogen (secondary N) is 1. The van der Waals surface area contributed by atoms with E-state index in [2.05, 4.69) is 42.2 Å². The summed E-state index contributed by atoms with van der Waals surface area (Å²) in [4.78, 5) is 10.9. The first-order chi connectivity index (χ1) is 11.3. The van der Waals surface area contributed by atoms with Crippen molar-refractivity contribution in [3.05, 3.63) is 46.7 Å². The van der Waals surface area contributed by atoms with E-state index in [-0.39, 0.29) is 6.61 Å². The van der Waals surface area contributed by atoms with Gasteiger partial charge in [-0.3, -0.25) is 0 Å². The molecule has 0 radical (unpaired) electrons. The molecule has 0 amide bonds. The van der Waals surface area contributed by atoms with E-state index in [0.717, 1.165) is 42.0 Å². The van der Waals surface area contributed by atoms with Gasteiger partial charge in [0.2, 0.25) is 0 Å². The highest BCUT2D eigenvalue weighted by atomic mass is 79.9. The minimum Gasteiger partial charge on any atom is -0.396 e. The molecule has 2 heterocycles. The lowest BCUT2D eigenvalue weighted by molar-refractivity contribution is 0.208. The fourth-order valence-corrected chi connectivity index (χ4v) is 3.29. The van der Waals surface area contributed by atoms with Gasteiger partial charge in [-0.05, 0) is 30.4 Å². The van der Waals surface area contributed by atoms with Crippen molar-refractivity contribution >= 4 is 27.6 Å². The van der Waals surface area contributed by atoms with Crippen LogP contribution in [0.1, 0.15) is 18.4 Å². The summed E-state index contributed by atoms with van der Waals surface area (Å²) in [5.74, 6) is 2.08. The summed E-state index contributed by atoms with van der Waals surface area (Å²) in [5.41, 5.74) is 1.19. The van der Waals surface area contributed by atoms with Crippen molar-refractivity contribution in [1.29, 1.82) is 0 Å². The predicted octanol–water partition coefficient (Wildman–Crippen LogP) is 3.06. The molecule has 2 N–H and O–H groups in total. The number of aliphatic hydroxyl groups excluding tert-OH is 1. The van der Waals surface area contributed by atoms with Crippen LogP contribution in [0.4, 0.5) is 11.6 Å². The quantitative estimate of drug-likeness (QED) is 0.839. The Labute approximate surface area is 144 Å². The highest BCUT2D eigenvalue weighted by molar-refractivity contribution is 9.10. The number of piperidine rings is 1. The van der Waals surface area contributed by atoms with Gasteiger partial charge in [0.1, 0.15) is 18.0 Å². The Hall–Kier alpha value is -1.66. The lowest BCUT2D eigenvalue weighted by Crippen LogP contribution is -2.37. The maximum absolute atomic E-state index is 9.37. The van der Waals surface area contributed by atoms with Crippen molar-refractivity contribution in [1.82, 2.24) is 9.97 Å². The summed E-state index contributed by atoms with van der Waals surface area (Å²) in [6.07, 6.45) is 3.78. The van der Waals surface area contributed by atoms with Gasteiger partial charge in [-0.1, -0.05) is 34.1 Å². The van der Waals surface area contributed by atoms with Crippen molar-refractivity contribution in [2.75, 3.05) is 29.9 Å². The van der Waals surface area contributed by atoms with Crippen LogP contribution in [0.3, 0.4) is 0 Å². The molecule has 23 heavy (non-hydrogen) atoms. The van der Waals surface area contributed by atoms with Crippen LogP contribution in [-0.4, -0.2) is 34.8 Å². The Morgan fingerprint density at radius 2 is 2.17 bits per heavy atom. The first-order valence-electron chi connectivity index (χ1n) is 7.91. The lowest BCUT2D eigenvalue weighted by atomic mass is 9.99. The van der Waals surface area contributed by atoms with Crippen molar-refractivity contribution in [3.8, 4) is 0 Å². The maximum Gasteiger partial charge on any atom is 0.134 e. The largest absolute Gasteiger partial charge is 0.396 e. The second-order valence-corrected chi connectivity index (χ2v) is 6.70. The SMILES string of the molecule is OCC1CCCN(c2cc(NCc3ccccc3Br)ncn2)C1. The third-order valence-electron chi connectivity index (χ3n) is 4.17. The molecule has 1 aromatic carbocycles. The van der Waals surface area contributed by atoms with Gasteiger partial charge in [-0.25, -0.2) is 9.97 Å². The van der Waals surface area contributed by atoms with Crippen molar-refractivity contribution in [2.24, 2.45) is 5.92 Å². The fraction of sp³-hybridized carbons (Fsp3) is 0.412. The highest BCUT2D eigenvalue weighted by Crippen LogP contribution is 2.23. The van der Waals surface area contributed by atoms with Gasteiger partial charge >= 0.3 is 0 Å². The molecule has 0 spiro atoms. The number of hydrogen-bond acceptors (Lipinski definition) is 5. The number of hydrogen-bond donors (Lipinski definition) is 2. The first-order valence-corrected chi connectivity index (χ1v) is 8.70. The Morgan fingerprint density at radius 3 is 3.00 bits per heavy atom. The third-order valence-corrected chi connectivity index (χ3v) is 4.95. The summed E-state index contributed by atoms with van der Waals surface area (Å²) < 4.78 is 1.09. The van der Waals surface area contributed by atoms with Crippen molar-refractivity contribution in [3.63, 3.8) is 0 Å². The van der Waals surface area contributed by atoms with Gasteiger partial charge in [0.25, 0.3) is 0 Å². The summed E-state index contributed by atoms with van der Waals surface area (Å²) in [6, 6.07) is 10.1. The number of benzene rings is 1. The van der Waals surface area contributed by atoms with Gasteiger partial charge in [0.15, 0.2) is 0 Å². The van der Waals surface area contributed by atoms with Gasteiger partial charge in [-0.2, -0.15) is 0 Å². The van der Waals surface area contributed by atoms with Gasteiger partial charge in [-0.15, -0.1) is 0 Å². The normalized spacial score (nSPS) is 18.0. The van der Waals surface area contributed by atoms with Gasteiger partial charge in [0, 0.05) is 36.8 Å². The van der Waals surface area contributed by atoms with Crippen LogP contribution in [0.2, 0.25) is 0 Å². The topological polar surface area (TPSA) is 61.3 Å². The molecular formula is C17H21BrN4O. The smallest absolute Gasteiger partial charge is 0.134 e. The molecule has 0 bridgehead atoms. The highest BCUT2D eigenvalue weighted by Gasteiger charge is 2.20. The number of anilines is 2. The number of rotatable bonds is 5. The summed E-state index contributed by atoms with van der Waals surface area (Å²) in [5, 5.41) is 12.7. The molecule has 1 aliphatic heterocycles. The molecular weight excluding hydrogens is 356 g/mol. The lowest BCUT2D eigenvalue weighted by Gasteiger charge is -2.32. The minimum atomic E-state index is 0.245. The van der Waals surface area contributed by atoms with Crippen LogP contribution in [-0.2, 0) is 6.54 Å². The molecule has 1 fully saturated rings. The summed E-state index contributed by atoms with van der Waals surface area (Å²) in [7, 11) is 0. The van der Waals surface area contributed by atoms with E-state index in [0.29, 0.717) is 12.5 Å². The van der Waals surface area contributed by atoms with Gasteiger partial charge < -0.3 is 15.3 Å². The Balaban J connectivity index is 1.66. The zero-order valence-corrected chi connectivity index (χ0v) is 14.5. The molecule has 0 saturated carbocycles. The molecule has 2 aromatic rings. The molecule has 3 rings (SSSR count). The zero-order valence-electron chi connectivity index (χ0n) is 13.0. The van der Waals surface area contributed by atoms with Crippen LogP contribution >= 0.6 is 15.9 Å². The number of aromatic nitrogens is 2. The van der Waals surface area contributed by atoms with E-state index in [4.69, 9.17) is 0 Å². The second kappa shape index (κ2) is 7.75. The molecule has 122 valence electrons. The molecule has 5 nitrogen and oxygen atoms in total. The van der Waals surface area contributed by atoms with Crippen LogP contribution < -0.4 is 10.2 Å². The van der Waals surface area contributed by atoms with Crippen molar-refractivity contribution in [2.45, 2.75) is 19.4 Å². The second-order valence-electron chi connectivity index (χ2n) is 5.84. The number of aliphatic hydroxyl groups is 1. The standard InChI is InChI=1S/C17H21BrN4O/c18-15-6-2-1-5-14(15)9-19-16-8-17(21-12-20-16)22-7-3-4-13(10-22)11-23/h1-2,5-6,8,12-13,23H,3-4,7,9-11H2,(H,19,20,21). The molecule has 0 aliphatic carbocycles. The Morgan fingerprint density at radius 1 is 1.30 bits per heavy atom. The Kier molecular flexibility index (Phi) is 5.46. The molecule has 1 atom stereocenters. The van der Waals surface area contributed by atoms with Crippen LogP contribution in [0.15, 0.2) is 41.1 Å². The zero-order chi connectivity index (χ0) is 16.1. The predicted molar refractivity (Wildman–Crippen MR) is 95.5 cm³/mol. The van der Waals surface area contributed by atoms with Gasteiger partial charge in [0.05, 0.1) is 0 Å². The first kappa shape index (κ1) is 16.2. The molecule has 1 saturated heterocycles.